The fraction of sp³-hybridized carbons (Fsp3) is 0.275. The van der Waals surface area contributed by atoms with Gasteiger partial charge in [0.1, 0.15) is 0 Å². The normalized spacial score (nSPS) is 11.9. The lowest BCUT2D eigenvalue weighted by atomic mass is 9.99. The standard InChI is InChI=1S/C40H43N3O5/c1-26(2)24-38(41-47-29(6)44)31-12-18-35(19-13-31)43(36-20-14-32(15-21-36)39(25-27(3)4)42-48-30(7)45)37-22-16-34(17-23-37)40(46)33-10-8-28(5)9-11-33/h8-23,26-27H,24-25H2,1-7H3/b41-38-,42-39?. The predicted octanol–water partition coefficient (Wildman–Crippen LogP) is 9.32. The van der Waals surface area contributed by atoms with Crippen LogP contribution in [0.25, 0.3) is 0 Å². The molecule has 4 aromatic rings. The van der Waals surface area contributed by atoms with Gasteiger partial charge in [-0.25, -0.2) is 9.59 Å². The molecule has 48 heavy (non-hydrogen) atoms. The maximum atomic E-state index is 13.2. The van der Waals surface area contributed by atoms with E-state index < -0.39 is 11.9 Å². The molecule has 0 saturated carbocycles. The molecule has 0 saturated heterocycles. The fourth-order valence-corrected chi connectivity index (χ4v) is 5.11. The second-order valence-corrected chi connectivity index (χ2v) is 12.6. The molecular formula is C40H43N3O5. The number of nitrogens with zero attached hydrogens (tertiary/aromatic N) is 3. The molecule has 0 unspecified atom stereocenters. The van der Waals surface area contributed by atoms with E-state index in [4.69, 9.17) is 9.68 Å². The SMILES string of the molecule is CC(=O)ON=C(CC(C)C)c1ccc(N(c2ccc(C(=O)c3ccc(C)cc3)cc2)c2ccc(/C(CC(C)C)=N\OC(C)=O)cc2)cc1. The van der Waals surface area contributed by atoms with Crippen molar-refractivity contribution in [2.45, 2.75) is 61.3 Å². The second-order valence-electron chi connectivity index (χ2n) is 12.6. The molecule has 0 aliphatic rings. The first-order valence-electron chi connectivity index (χ1n) is 16.1. The lowest BCUT2D eigenvalue weighted by Crippen LogP contribution is -2.12. The largest absolute Gasteiger partial charge is 0.331 e. The third-order valence-electron chi connectivity index (χ3n) is 7.39. The summed E-state index contributed by atoms with van der Waals surface area (Å²) >= 11 is 0. The Labute approximate surface area is 283 Å². The van der Waals surface area contributed by atoms with E-state index in [1.165, 1.54) is 13.8 Å². The molecule has 0 aliphatic heterocycles. The summed E-state index contributed by atoms with van der Waals surface area (Å²) in [4.78, 5) is 48.3. The van der Waals surface area contributed by atoms with E-state index in [1.807, 2.05) is 104 Å². The average Bonchev–Trinajstić information content (AvgIpc) is 3.06. The maximum absolute atomic E-state index is 13.2. The van der Waals surface area contributed by atoms with Gasteiger partial charge < -0.3 is 14.6 Å². The number of anilines is 3. The Hall–Kier alpha value is -5.37. The van der Waals surface area contributed by atoms with E-state index in [1.54, 1.807) is 0 Å². The zero-order valence-corrected chi connectivity index (χ0v) is 28.7. The van der Waals surface area contributed by atoms with Crippen molar-refractivity contribution in [1.82, 2.24) is 0 Å². The summed E-state index contributed by atoms with van der Waals surface area (Å²) in [6, 6.07) is 30.9. The van der Waals surface area contributed by atoms with Gasteiger partial charge in [-0.15, -0.1) is 0 Å². The highest BCUT2D eigenvalue weighted by Crippen LogP contribution is 2.35. The fourth-order valence-electron chi connectivity index (χ4n) is 5.11. The highest BCUT2D eigenvalue weighted by Gasteiger charge is 2.17. The minimum Gasteiger partial charge on any atom is -0.318 e. The van der Waals surface area contributed by atoms with Gasteiger partial charge >= 0.3 is 11.9 Å². The number of aryl methyl sites for hydroxylation is 1. The Balaban J connectivity index is 1.75. The molecule has 0 amide bonds. The number of benzene rings is 4. The van der Waals surface area contributed by atoms with Crippen LogP contribution < -0.4 is 4.90 Å². The lowest BCUT2D eigenvalue weighted by molar-refractivity contribution is -0.141. The molecule has 0 spiro atoms. The molecule has 0 radical (unpaired) electrons. The topological polar surface area (TPSA) is 97.6 Å². The van der Waals surface area contributed by atoms with Crippen LogP contribution in [0.15, 0.2) is 107 Å². The summed E-state index contributed by atoms with van der Waals surface area (Å²) in [6.07, 6.45) is 1.28. The minimum absolute atomic E-state index is 0.0451. The quantitative estimate of drug-likeness (QED) is 0.0622. The van der Waals surface area contributed by atoms with Gasteiger partial charge in [0.05, 0.1) is 11.4 Å². The van der Waals surface area contributed by atoms with Crippen LogP contribution in [0, 0.1) is 18.8 Å². The van der Waals surface area contributed by atoms with E-state index in [9.17, 15) is 14.4 Å². The monoisotopic (exact) mass is 645 g/mol. The first kappa shape index (κ1) is 35.5. The third-order valence-corrected chi connectivity index (χ3v) is 7.39. The van der Waals surface area contributed by atoms with Crippen molar-refractivity contribution < 1.29 is 24.1 Å². The Morgan fingerprint density at radius 2 is 0.854 bits per heavy atom. The van der Waals surface area contributed by atoms with Crippen LogP contribution in [0.3, 0.4) is 0 Å². The van der Waals surface area contributed by atoms with Crippen molar-refractivity contribution in [3.05, 3.63) is 125 Å². The summed E-state index contributed by atoms with van der Waals surface area (Å²) in [6.45, 7) is 13.0. The van der Waals surface area contributed by atoms with Crippen molar-refractivity contribution in [2.75, 3.05) is 4.90 Å². The molecule has 248 valence electrons. The Bertz CT molecular complexity index is 1690. The van der Waals surface area contributed by atoms with Crippen LogP contribution in [-0.4, -0.2) is 29.1 Å². The molecule has 0 N–H and O–H groups in total. The number of rotatable bonds is 13. The zero-order chi connectivity index (χ0) is 34.8. The summed E-state index contributed by atoms with van der Waals surface area (Å²) in [5.41, 5.74) is 7.99. The minimum atomic E-state index is -0.471. The molecule has 0 heterocycles. The summed E-state index contributed by atoms with van der Waals surface area (Å²) in [5.74, 6) is -0.376. The molecule has 4 rings (SSSR count). The van der Waals surface area contributed by atoms with E-state index in [-0.39, 0.29) is 5.78 Å². The van der Waals surface area contributed by atoms with Gasteiger partial charge in [-0.05, 0) is 91.3 Å². The predicted molar refractivity (Wildman–Crippen MR) is 191 cm³/mol. The Morgan fingerprint density at radius 1 is 0.542 bits per heavy atom. The van der Waals surface area contributed by atoms with Gasteiger partial charge in [0.25, 0.3) is 0 Å². The van der Waals surface area contributed by atoms with Crippen molar-refractivity contribution in [3.63, 3.8) is 0 Å². The van der Waals surface area contributed by atoms with E-state index >= 15 is 0 Å². The third kappa shape index (κ3) is 9.82. The van der Waals surface area contributed by atoms with Crippen molar-refractivity contribution in [3.8, 4) is 0 Å². The molecule has 8 heteroatoms. The molecule has 0 fully saturated rings. The molecule has 8 nitrogen and oxygen atoms in total. The van der Waals surface area contributed by atoms with Gasteiger partial charge in [-0.2, -0.15) is 0 Å². The van der Waals surface area contributed by atoms with Gasteiger partial charge in [0, 0.05) is 42.0 Å². The lowest BCUT2D eigenvalue weighted by Gasteiger charge is -2.26. The van der Waals surface area contributed by atoms with Crippen molar-refractivity contribution in [1.29, 1.82) is 0 Å². The summed E-state index contributed by atoms with van der Waals surface area (Å²) < 4.78 is 0. The number of carbonyl (C=O) groups excluding carboxylic acids is 3. The number of ketones is 1. The van der Waals surface area contributed by atoms with E-state index in [0.29, 0.717) is 47.2 Å². The maximum Gasteiger partial charge on any atom is 0.331 e. The van der Waals surface area contributed by atoms with E-state index in [2.05, 4.69) is 42.9 Å². The molecule has 0 atom stereocenters. The number of hydrogen-bond donors (Lipinski definition) is 0. The van der Waals surface area contributed by atoms with Crippen LogP contribution >= 0.6 is 0 Å². The highest BCUT2D eigenvalue weighted by atomic mass is 16.7. The molecule has 0 aromatic heterocycles. The van der Waals surface area contributed by atoms with Crippen LogP contribution in [0.5, 0.6) is 0 Å². The molecule has 0 bridgehead atoms. The van der Waals surface area contributed by atoms with E-state index in [0.717, 1.165) is 33.8 Å². The van der Waals surface area contributed by atoms with Crippen LogP contribution in [0.2, 0.25) is 0 Å². The smallest absolute Gasteiger partial charge is 0.318 e. The Morgan fingerprint density at radius 3 is 1.17 bits per heavy atom. The Kier molecular flexibility index (Phi) is 12.2. The van der Waals surface area contributed by atoms with Crippen LogP contribution in [0.4, 0.5) is 17.1 Å². The van der Waals surface area contributed by atoms with Crippen molar-refractivity contribution in [2.24, 2.45) is 22.1 Å². The van der Waals surface area contributed by atoms with Gasteiger partial charge in [0.2, 0.25) is 0 Å². The van der Waals surface area contributed by atoms with Gasteiger partial charge in [0.15, 0.2) is 5.78 Å². The van der Waals surface area contributed by atoms with Crippen LogP contribution in [-0.2, 0) is 19.3 Å². The number of carbonyl (C=O) groups is 3. The summed E-state index contributed by atoms with van der Waals surface area (Å²) in [5, 5.41) is 8.26. The molecule has 0 aliphatic carbocycles. The van der Waals surface area contributed by atoms with Gasteiger partial charge in [-0.3, -0.25) is 4.79 Å². The number of hydrogen-bond acceptors (Lipinski definition) is 8. The first-order chi connectivity index (χ1) is 22.9. The first-order valence-corrected chi connectivity index (χ1v) is 16.1. The number of oxime groups is 2. The zero-order valence-electron chi connectivity index (χ0n) is 28.7. The average molecular weight is 646 g/mol. The van der Waals surface area contributed by atoms with Crippen molar-refractivity contribution >= 4 is 46.2 Å². The van der Waals surface area contributed by atoms with Gasteiger partial charge in [-0.1, -0.05) is 92.1 Å². The molecule has 4 aromatic carbocycles. The summed E-state index contributed by atoms with van der Waals surface area (Å²) in [7, 11) is 0. The highest BCUT2D eigenvalue weighted by molar-refractivity contribution is 6.09. The van der Waals surface area contributed by atoms with Crippen LogP contribution in [0.1, 0.15) is 87.0 Å². The second kappa shape index (κ2) is 16.5. The molecular weight excluding hydrogens is 602 g/mol.